The first-order chi connectivity index (χ1) is 14.9. The van der Waals surface area contributed by atoms with E-state index in [0.717, 1.165) is 0 Å². The summed E-state index contributed by atoms with van der Waals surface area (Å²) in [6.07, 6.45) is -0.812. The number of Topliss-reactive ketones (excluding diaryl/α,β-unsaturated/α-hetero) is 1. The Morgan fingerprint density at radius 2 is 1.81 bits per heavy atom. The number of halogens is 2. The van der Waals surface area contributed by atoms with Gasteiger partial charge in [-0.3, -0.25) is 14.4 Å². The molecule has 2 atom stereocenters. The van der Waals surface area contributed by atoms with Gasteiger partial charge < -0.3 is 14.4 Å². The molecule has 8 heteroatoms. The molecule has 1 fully saturated rings. The van der Waals surface area contributed by atoms with Crippen molar-refractivity contribution in [1.29, 1.82) is 0 Å². The van der Waals surface area contributed by atoms with Crippen LogP contribution >= 0.6 is 23.2 Å². The van der Waals surface area contributed by atoms with E-state index in [1.807, 2.05) is 6.92 Å². The van der Waals surface area contributed by atoms with Gasteiger partial charge in [0.25, 0.3) is 0 Å². The second-order valence-electron chi connectivity index (χ2n) is 7.11. The van der Waals surface area contributed by atoms with Gasteiger partial charge in [0.05, 0.1) is 12.5 Å². The zero-order chi connectivity index (χ0) is 22.4. The molecule has 1 aliphatic rings. The maximum Gasteiger partial charge on any atom is 0.312 e. The van der Waals surface area contributed by atoms with Crippen molar-refractivity contribution >= 4 is 46.5 Å². The monoisotopic (exact) mass is 463 g/mol. The molecule has 0 unspecified atom stereocenters. The number of hydrogen-bond acceptors (Lipinski definition) is 5. The first-order valence-corrected chi connectivity index (χ1v) is 10.9. The van der Waals surface area contributed by atoms with E-state index in [9.17, 15) is 14.4 Å². The fraction of sp³-hybridized carbons (Fsp3) is 0.348. The molecular formula is C23H23Cl2NO5. The number of esters is 1. The first-order valence-electron chi connectivity index (χ1n) is 10.0. The third kappa shape index (κ3) is 5.77. The van der Waals surface area contributed by atoms with Crippen molar-refractivity contribution in [2.45, 2.75) is 25.9 Å². The fourth-order valence-corrected chi connectivity index (χ4v) is 3.71. The molecule has 1 heterocycles. The Hall–Kier alpha value is -2.57. The summed E-state index contributed by atoms with van der Waals surface area (Å²) in [5.74, 6) is -0.908. The summed E-state index contributed by atoms with van der Waals surface area (Å²) >= 11 is 11.7. The minimum Gasteiger partial charge on any atom is -0.494 e. The predicted molar refractivity (Wildman–Crippen MR) is 119 cm³/mol. The quantitative estimate of drug-likeness (QED) is 0.310. The van der Waals surface area contributed by atoms with Crippen molar-refractivity contribution in [3.8, 4) is 5.75 Å². The number of ketones is 1. The number of alkyl halides is 1. The molecule has 0 saturated carbocycles. The number of rotatable bonds is 9. The van der Waals surface area contributed by atoms with Crippen LogP contribution in [-0.2, 0) is 14.3 Å². The van der Waals surface area contributed by atoms with Crippen molar-refractivity contribution in [3.63, 3.8) is 0 Å². The van der Waals surface area contributed by atoms with Gasteiger partial charge in [0, 0.05) is 41.5 Å². The Kier molecular flexibility index (Phi) is 7.93. The van der Waals surface area contributed by atoms with Gasteiger partial charge in [0.1, 0.15) is 5.75 Å². The van der Waals surface area contributed by atoms with Crippen molar-refractivity contribution in [3.05, 3.63) is 59.1 Å². The number of benzene rings is 2. The molecule has 3 rings (SSSR count). The molecule has 6 nitrogen and oxygen atoms in total. The molecule has 2 aromatic carbocycles. The average Bonchev–Trinajstić information content (AvgIpc) is 3.16. The van der Waals surface area contributed by atoms with E-state index in [0.29, 0.717) is 28.6 Å². The SMILES string of the molecule is CCOc1ccc(N2C[C@H](C(=O)O[C@@H](CCCl)C(=O)c3ccc(Cl)cc3)CC2=O)cc1. The van der Waals surface area contributed by atoms with Crippen molar-refractivity contribution < 1.29 is 23.9 Å². The minimum atomic E-state index is -1.01. The van der Waals surface area contributed by atoms with Gasteiger partial charge in [-0.05, 0) is 55.5 Å². The van der Waals surface area contributed by atoms with E-state index in [2.05, 4.69) is 0 Å². The topological polar surface area (TPSA) is 72.9 Å². The molecule has 1 saturated heterocycles. The highest BCUT2D eigenvalue weighted by Crippen LogP contribution is 2.28. The van der Waals surface area contributed by atoms with Crippen LogP contribution in [0.3, 0.4) is 0 Å². The number of hydrogen-bond donors (Lipinski definition) is 0. The molecule has 0 aliphatic carbocycles. The zero-order valence-corrected chi connectivity index (χ0v) is 18.6. The largest absolute Gasteiger partial charge is 0.494 e. The van der Waals surface area contributed by atoms with E-state index in [4.69, 9.17) is 32.7 Å². The van der Waals surface area contributed by atoms with Crippen molar-refractivity contribution in [2.24, 2.45) is 5.92 Å². The van der Waals surface area contributed by atoms with Crippen LogP contribution in [0.2, 0.25) is 5.02 Å². The molecule has 31 heavy (non-hydrogen) atoms. The van der Waals surface area contributed by atoms with E-state index >= 15 is 0 Å². The Labute approximate surface area is 191 Å². The van der Waals surface area contributed by atoms with E-state index in [1.54, 1.807) is 53.4 Å². The summed E-state index contributed by atoms with van der Waals surface area (Å²) < 4.78 is 10.9. The van der Waals surface area contributed by atoms with Crippen LogP contribution in [0.15, 0.2) is 48.5 Å². The summed E-state index contributed by atoms with van der Waals surface area (Å²) in [4.78, 5) is 39.5. The molecule has 0 bridgehead atoms. The molecule has 1 amide bonds. The summed E-state index contributed by atoms with van der Waals surface area (Å²) in [6.45, 7) is 2.63. The van der Waals surface area contributed by atoms with E-state index < -0.39 is 18.0 Å². The molecule has 1 aliphatic heterocycles. The molecule has 0 N–H and O–H groups in total. The van der Waals surface area contributed by atoms with E-state index in [-0.39, 0.29) is 37.0 Å². The third-order valence-electron chi connectivity index (χ3n) is 4.97. The Balaban J connectivity index is 1.66. The van der Waals surface area contributed by atoms with Crippen LogP contribution in [0.4, 0.5) is 5.69 Å². The number of ether oxygens (including phenoxy) is 2. The Morgan fingerprint density at radius 1 is 1.13 bits per heavy atom. The number of anilines is 1. The van der Waals surface area contributed by atoms with Gasteiger partial charge in [-0.1, -0.05) is 11.6 Å². The Bertz CT molecular complexity index is 930. The maximum atomic E-state index is 12.8. The summed E-state index contributed by atoms with van der Waals surface area (Å²) in [5, 5.41) is 0.501. The van der Waals surface area contributed by atoms with Gasteiger partial charge in [-0.25, -0.2) is 0 Å². The first kappa shape index (κ1) is 23.1. The normalized spacial score (nSPS) is 16.8. The van der Waals surface area contributed by atoms with Gasteiger partial charge >= 0.3 is 5.97 Å². The highest BCUT2D eigenvalue weighted by Gasteiger charge is 2.38. The van der Waals surface area contributed by atoms with Crippen LogP contribution < -0.4 is 9.64 Å². The van der Waals surface area contributed by atoms with Gasteiger partial charge in [0.2, 0.25) is 11.7 Å². The number of carbonyl (C=O) groups excluding carboxylic acids is 3. The van der Waals surface area contributed by atoms with Gasteiger partial charge in [-0.2, -0.15) is 0 Å². The predicted octanol–water partition coefficient (Wildman–Crippen LogP) is 4.52. The second kappa shape index (κ2) is 10.6. The lowest BCUT2D eigenvalue weighted by Gasteiger charge is -2.19. The number of amides is 1. The van der Waals surface area contributed by atoms with Gasteiger partial charge in [0.15, 0.2) is 6.10 Å². The van der Waals surface area contributed by atoms with Crippen LogP contribution in [0.5, 0.6) is 5.75 Å². The van der Waals surface area contributed by atoms with Crippen LogP contribution in [0.1, 0.15) is 30.1 Å². The third-order valence-corrected chi connectivity index (χ3v) is 5.44. The van der Waals surface area contributed by atoms with Crippen LogP contribution in [0, 0.1) is 5.92 Å². The van der Waals surface area contributed by atoms with Crippen LogP contribution in [-0.4, -0.2) is 42.8 Å². The van der Waals surface area contributed by atoms with Gasteiger partial charge in [-0.15, -0.1) is 11.6 Å². The number of carbonyl (C=O) groups is 3. The Morgan fingerprint density at radius 3 is 2.42 bits per heavy atom. The highest BCUT2D eigenvalue weighted by atomic mass is 35.5. The van der Waals surface area contributed by atoms with Crippen LogP contribution in [0.25, 0.3) is 0 Å². The molecule has 0 spiro atoms. The highest BCUT2D eigenvalue weighted by molar-refractivity contribution is 6.30. The standard InChI is InChI=1S/C23H23Cl2NO5/c1-2-30-19-9-7-18(8-10-19)26-14-16(13-21(26)27)23(29)31-20(11-12-24)22(28)15-3-5-17(25)6-4-15/h3-10,16,20H,2,11-14H2,1H3/t16-,20+/m1/s1. The molecule has 164 valence electrons. The smallest absolute Gasteiger partial charge is 0.312 e. The maximum absolute atomic E-state index is 12.8. The second-order valence-corrected chi connectivity index (χ2v) is 7.92. The molecular weight excluding hydrogens is 441 g/mol. The molecule has 0 radical (unpaired) electrons. The van der Waals surface area contributed by atoms with Crippen molar-refractivity contribution in [2.75, 3.05) is 23.9 Å². The van der Waals surface area contributed by atoms with E-state index in [1.165, 1.54) is 0 Å². The lowest BCUT2D eigenvalue weighted by atomic mass is 10.0. The minimum absolute atomic E-state index is 0.0226. The summed E-state index contributed by atoms with van der Waals surface area (Å²) in [7, 11) is 0. The number of nitrogens with zero attached hydrogens (tertiary/aromatic N) is 1. The van der Waals surface area contributed by atoms with Crippen molar-refractivity contribution in [1.82, 2.24) is 0 Å². The molecule has 0 aromatic heterocycles. The lowest BCUT2D eigenvalue weighted by molar-refractivity contribution is -0.151. The summed E-state index contributed by atoms with van der Waals surface area (Å²) in [5.41, 5.74) is 1.06. The lowest BCUT2D eigenvalue weighted by Crippen LogP contribution is -2.32. The summed E-state index contributed by atoms with van der Waals surface area (Å²) in [6, 6.07) is 13.4. The average molecular weight is 464 g/mol. The fourth-order valence-electron chi connectivity index (χ4n) is 3.38. The zero-order valence-electron chi connectivity index (χ0n) is 17.1. The molecule has 2 aromatic rings.